The molecule has 0 unspecified atom stereocenters. The Morgan fingerprint density at radius 1 is 1.50 bits per heavy atom. The summed E-state index contributed by atoms with van der Waals surface area (Å²) in [6.07, 6.45) is 1.68. The number of carbonyl (C=O) groups excluding carboxylic acids is 1. The summed E-state index contributed by atoms with van der Waals surface area (Å²) in [4.78, 5) is 11.9. The smallest absolute Gasteiger partial charge is 0.253 e. The maximum atomic E-state index is 11.9. The number of aryl methyl sites for hydroxylation is 1. The molecule has 0 aliphatic carbocycles. The van der Waals surface area contributed by atoms with Gasteiger partial charge < -0.3 is 11.1 Å². The Morgan fingerprint density at radius 2 is 2.28 bits per heavy atom. The number of anilines is 1. The highest BCUT2D eigenvalue weighted by molar-refractivity contribution is 6.31. The molecule has 2 rings (SSSR count). The molecule has 3 N–H and O–H groups in total. The van der Waals surface area contributed by atoms with Gasteiger partial charge in [-0.05, 0) is 24.3 Å². The normalized spacial score (nSPS) is 10.3. The van der Waals surface area contributed by atoms with Crippen LogP contribution in [0.3, 0.4) is 0 Å². The van der Waals surface area contributed by atoms with Gasteiger partial charge in [0, 0.05) is 24.0 Å². The fraction of sp³-hybridized carbons (Fsp3) is 0.167. The van der Waals surface area contributed by atoms with Gasteiger partial charge in [0.15, 0.2) is 0 Å². The number of hydrogen-bond donors (Lipinski definition) is 2. The number of carbonyl (C=O) groups is 1. The Labute approximate surface area is 110 Å². The number of amides is 1. The molecule has 94 valence electrons. The summed E-state index contributed by atoms with van der Waals surface area (Å²) in [6, 6.07) is 6.65. The number of nitrogens with zero attached hydrogens (tertiary/aromatic N) is 2. The number of hydrogen-bond acceptors (Lipinski definition) is 3. The molecule has 0 saturated heterocycles. The van der Waals surface area contributed by atoms with Gasteiger partial charge in [0.05, 0.1) is 17.8 Å². The molecule has 1 aromatic carbocycles. The van der Waals surface area contributed by atoms with Gasteiger partial charge in [0.1, 0.15) is 0 Å². The standard InChI is InChI=1S/C12H13ClN4O/c1-17-9(4-5-16-17)7-15-12(18)10-6-8(13)2-3-11(10)14/h2-6H,7,14H2,1H3,(H,15,18). The van der Waals surface area contributed by atoms with Crippen molar-refractivity contribution >= 4 is 23.2 Å². The molecule has 0 fully saturated rings. The van der Waals surface area contributed by atoms with Crippen LogP contribution < -0.4 is 11.1 Å². The number of nitrogen functional groups attached to an aromatic ring is 1. The van der Waals surface area contributed by atoms with Crippen LogP contribution in [0.15, 0.2) is 30.5 Å². The fourth-order valence-electron chi connectivity index (χ4n) is 1.57. The van der Waals surface area contributed by atoms with Crippen molar-refractivity contribution in [1.82, 2.24) is 15.1 Å². The van der Waals surface area contributed by atoms with Crippen LogP contribution in [0.4, 0.5) is 5.69 Å². The van der Waals surface area contributed by atoms with Gasteiger partial charge in [-0.3, -0.25) is 9.48 Å². The molecule has 1 aromatic heterocycles. The lowest BCUT2D eigenvalue weighted by molar-refractivity contribution is 0.0951. The van der Waals surface area contributed by atoms with Gasteiger partial charge in [0.25, 0.3) is 5.91 Å². The first kappa shape index (κ1) is 12.4. The van der Waals surface area contributed by atoms with Gasteiger partial charge in [-0.25, -0.2) is 0 Å². The van der Waals surface area contributed by atoms with E-state index in [0.717, 1.165) is 5.69 Å². The quantitative estimate of drug-likeness (QED) is 0.827. The minimum Gasteiger partial charge on any atom is -0.398 e. The molecule has 0 aliphatic heterocycles. The summed E-state index contributed by atoms with van der Waals surface area (Å²) >= 11 is 5.84. The molecule has 0 aliphatic rings. The number of rotatable bonds is 3. The zero-order chi connectivity index (χ0) is 13.1. The van der Waals surface area contributed by atoms with Crippen LogP contribution in [0.1, 0.15) is 16.1 Å². The molecule has 0 radical (unpaired) electrons. The lowest BCUT2D eigenvalue weighted by Gasteiger charge is -2.08. The van der Waals surface area contributed by atoms with E-state index < -0.39 is 0 Å². The highest BCUT2D eigenvalue weighted by atomic mass is 35.5. The van der Waals surface area contributed by atoms with Crippen molar-refractivity contribution in [1.29, 1.82) is 0 Å². The van der Waals surface area contributed by atoms with Gasteiger partial charge in [-0.15, -0.1) is 0 Å². The third kappa shape index (κ3) is 2.62. The number of nitrogens with one attached hydrogen (secondary N) is 1. The van der Waals surface area contributed by atoms with Gasteiger partial charge in [-0.1, -0.05) is 11.6 Å². The number of nitrogens with two attached hydrogens (primary N) is 1. The van der Waals surface area contributed by atoms with E-state index in [9.17, 15) is 4.79 Å². The number of benzene rings is 1. The zero-order valence-corrected chi connectivity index (χ0v) is 10.6. The Morgan fingerprint density at radius 3 is 2.94 bits per heavy atom. The maximum Gasteiger partial charge on any atom is 0.253 e. The summed E-state index contributed by atoms with van der Waals surface area (Å²) in [6.45, 7) is 0.390. The van der Waals surface area contributed by atoms with E-state index in [1.165, 1.54) is 0 Å². The minimum absolute atomic E-state index is 0.254. The molecular formula is C12H13ClN4O. The highest BCUT2D eigenvalue weighted by Crippen LogP contribution is 2.17. The van der Waals surface area contributed by atoms with E-state index in [2.05, 4.69) is 10.4 Å². The first-order valence-corrected chi connectivity index (χ1v) is 5.76. The van der Waals surface area contributed by atoms with E-state index in [-0.39, 0.29) is 5.91 Å². The summed E-state index contributed by atoms with van der Waals surface area (Å²) in [7, 11) is 1.81. The van der Waals surface area contributed by atoms with Crippen molar-refractivity contribution in [2.24, 2.45) is 7.05 Å². The van der Waals surface area contributed by atoms with Crippen LogP contribution in [0.2, 0.25) is 5.02 Å². The fourth-order valence-corrected chi connectivity index (χ4v) is 1.74. The molecule has 0 saturated carbocycles. The first-order chi connectivity index (χ1) is 8.58. The second-order valence-electron chi connectivity index (χ2n) is 3.86. The Hall–Kier alpha value is -2.01. The second-order valence-corrected chi connectivity index (χ2v) is 4.30. The highest BCUT2D eigenvalue weighted by Gasteiger charge is 2.10. The number of aromatic nitrogens is 2. The van der Waals surface area contributed by atoms with Gasteiger partial charge >= 0.3 is 0 Å². The molecule has 0 bridgehead atoms. The SMILES string of the molecule is Cn1nccc1CNC(=O)c1cc(Cl)ccc1N. The minimum atomic E-state index is -0.254. The summed E-state index contributed by atoms with van der Waals surface area (Å²) < 4.78 is 1.70. The molecule has 2 aromatic rings. The van der Waals surface area contributed by atoms with Crippen molar-refractivity contribution in [3.05, 3.63) is 46.7 Å². The van der Waals surface area contributed by atoms with Crippen LogP contribution >= 0.6 is 11.6 Å². The molecule has 5 nitrogen and oxygen atoms in total. The van der Waals surface area contributed by atoms with Gasteiger partial charge in [-0.2, -0.15) is 5.10 Å². The molecule has 0 spiro atoms. The Balaban J connectivity index is 2.08. The van der Waals surface area contributed by atoms with Crippen LogP contribution in [0, 0.1) is 0 Å². The lowest BCUT2D eigenvalue weighted by atomic mass is 10.1. The largest absolute Gasteiger partial charge is 0.398 e. The maximum absolute atomic E-state index is 11.9. The van der Waals surface area contributed by atoms with Crippen molar-refractivity contribution in [3.8, 4) is 0 Å². The number of halogens is 1. The Kier molecular flexibility index (Phi) is 3.53. The predicted molar refractivity (Wildman–Crippen MR) is 70.2 cm³/mol. The Bertz CT molecular complexity index is 579. The molecule has 1 heterocycles. The summed E-state index contributed by atoms with van der Waals surface area (Å²) in [5, 5.41) is 7.27. The van der Waals surface area contributed by atoms with Crippen LogP contribution in [-0.2, 0) is 13.6 Å². The monoisotopic (exact) mass is 264 g/mol. The van der Waals surface area contributed by atoms with Crippen molar-refractivity contribution in [2.45, 2.75) is 6.54 Å². The third-order valence-corrected chi connectivity index (χ3v) is 2.85. The van der Waals surface area contributed by atoms with Crippen LogP contribution in [-0.4, -0.2) is 15.7 Å². The predicted octanol–water partition coefficient (Wildman–Crippen LogP) is 1.59. The molecule has 0 atom stereocenters. The molecular weight excluding hydrogens is 252 g/mol. The zero-order valence-electron chi connectivity index (χ0n) is 9.85. The first-order valence-electron chi connectivity index (χ1n) is 5.38. The molecule has 6 heteroatoms. The van der Waals surface area contributed by atoms with E-state index in [0.29, 0.717) is 22.8 Å². The van der Waals surface area contributed by atoms with Crippen molar-refractivity contribution < 1.29 is 4.79 Å². The second kappa shape index (κ2) is 5.10. The summed E-state index contributed by atoms with van der Waals surface area (Å²) in [5.74, 6) is -0.254. The van der Waals surface area contributed by atoms with E-state index in [1.54, 1.807) is 29.1 Å². The lowest BCUT2D eigenvalue weighted by Crippen LogP contribution is -2.24. The van der Waals surface area contributed by atoms with E-state index >= 15 is 0 Å². The average Bonchev–Trinajstić information content (AvgIpc) is 2.75. The van der Waals surface area contributed by atoms with E-state index in [4.69, 9.17) is 17.3 Å². The van der Waals surface area contributed by atoms with Crippen molar-refractivity contribution in [3.63, 3.8) is 0 Å². The molecule has 18 heavy (non-hydrogen) atoms. The average molecular weight is 265 g/mol. The van der Waals surface area contributed by atoms with Gasteiger partial charge in [0.2, 0.25) is 0 Å². The summed E-state index contributed by atoms with van der Waals surface area (Å²) in [5.41, 5.74) is 7.42. The molecule has 1 amide bonds. The van der Waals surface area contributed by atoms with Crippen LogP contribution in [0.5, 0.6) is 0 Å². The van der Waals surface area contributed by atoms with E-state index in [1.807, 2.05) is 13.1 Å². The van der Waals surface area contributed by atoms with Crippen LogP contribution in [0.25, 0.3) is 0 Å². The topological polar surface area (TPSA) is 72.9 Å². The van der Waals surface area contributed by atoms with Crippen molar-refractivity contribution in [2.75, 3.05) is 5.73 Å². The third-order valence-electron chi connectivity index (χ3n) is 2.61.